The number of anilines is 1. The van der Waals surface area contributed by atoms with Gasteiger partial charge in [0.25, 0.3) is 5.91 Å². The Hall–Kier alpha value is -2.37. The van der Waals surface area contributed by atoms with Gasteiger partial charge in [-0.3, -0.25) is 10.0 Å². The number of amidine groups is 1. The second-order valence-electron chi connectivity index (χ2n) is 4.66. The van der Waals surface area contributed by atoms with E-state index in [0.29, 0.717) is 17.0 Å². The van der Waals surface area contributed by atoms with Gasteiger partial charge in [-0.15, -0.1) is 0 Å². The topological polar surface area (TPSA) is 73.7 Å². The number of aliphatic imine (C=N–C) groups is 1. The lowest BCUT2D eigenvalue weighted by atomic mass is 10.1. The normalized spacial score (nSPS) is 12.6. The third-order valence-electron chi connectivity index (χ3n) is 3.18. The van der Waals surface area contributed by atoms with E-state index < -0.39 is 5.91 Å². The van der Waals surface area contributed by atoms with Gasteiger partial charge in [-0.25, -0.2) is 10.5 Å². The molecule has 0 radical (unpaired) electrons. The van der Waals surface area contributed by atoms with Crippen molar-refractivity contribution >= 4 is 34.7 Å². The van der Waals surface area contributed by atoms with Crippen LogP contribution in [0.5, 0.6) is 0 Å². The van der Waals surface area contributed by atoms with E-state index in [1.165, 1.54) is 0 Å². The molecular formula is C15H12ClN3O2. The first-order valence-electron chi connectivity index (χ1n) is 6.33. The summed E-state index contributed by atoms with van der Waals surface area (Å²) >= 11 is 5.95. The van der Waals surface area contributed by atoms with Crippen LogP contribution in [0.1, 0.15) is 15.9 Å². The van der Waals surface area contributed by atoms with Crippen molar-refractivity contribution in [3.63, 3.8) is 0 Å². The zero-order chi connectivity index (χ0) is 14.8. The molecule has 0 saturated carbocycles. The standard InChI is InChI=1S/C15H12ClN3O2/c16-11-5-4-9-7-14(18-13(9)8-11)17-12-3-1-2-10(6-12)15(20)19-21/h1-6,8,21H,7H2,(H,17,18)(H,19,20). The average Bonchev–Trinajstić information content (AvgIpc) is 2.88. The van der Waals surface area contributed by atoms with Crippen molar-refractivity contribution in [1.82, 2.24) is 5.48 Å². The van der Waals surface area contributed by atoms with Crippen LogP contribution in [0.15, 0.2) is 47.5 Å². The molecular weight excluding hydrogens is 290 g/mol. The number of amides is 1. The van der Waals surface area contributed by atoms with Crippen LogP contribution in [0.2, 0.25) is 5.02 Å². The summed E-state index contributed by atoms with van der Waals surface area (Å²) in [4.78, 5) is 15.9. The zero-order valence-corrected chi connectivity index (χ0v) is 11.7. The van der Waals surface area contributed by atoms with Crippen molar-refractivity contribution in [3.05, 3.63) is 58.6 Å². The summed E-state index contributed by atoms with van der Waals surface area (Å²) in [6.45, 7) is 0. The summed E-state index contributed by atoms with van der Waals surface area (Å²) in [6, 6.07) is 12.4. The third-order valence-corrected chi connectivity index (χ3v) is 3.41. The molecule has 1 aliphatic heterocycles. The summed E-state index contributed by atoms with van der Waals surface area (Å²) in [7, 11) is 0. The highest BCUT2D eigenvalue weighted by atomic mass is 35.5. The monoisotopic (exact) mass is 301 g/mol. The minimum atomic E-state index is -0.554. The summed E-state index contributed by atoms with van der Waals surface area (Å²) in [5.41, 5.74) is 4.66. The molecule has 3 N–H and O–H groups in total. The molecule has 1 aliphatic rings. The van der Waals surface area contributed by atoms with Crippen LogP contribution in [0, 0.1) is 0 Å². The fourth-order valence-electron chi connectivity index (χ4n) is 2.20. The quantitative estimate of drug-likeness (QED) is 0.589. The number of nitrogens with one attached hydrogen (secondary N) is 2. The number of rotatable bonds is 2. The van der Waals surface area contributed by atoms with E-state index in [2.05, 4.69) is 10.3 Å². The molecule has 0 fully saturated rings. The van der Waals surface area contributed by atoms with E-state index in [1.54, 1.807) is 23.7 Å². The van der Waals surface area contributed by atoms with Gasteiger partial charge < -0.3 is 5.32 Å². The lowest BCUT2D eigenvalue weighted by molar-refractivity contribution is 0.0706. The van der Waals surface area contributed by atoms with E-state index in [0.717, 1.165) is 22.8 Å². The zero-order valence-electron chi connectivity index (χ0n) is 10.9. The van der Waals surface area contributed by atoms with Crippen molar-refractivity contribution in [3.8, 4) is 0 Å². The number of hydroxylamine groups is 1. The smallest absolute Gasteiger partial charge is 0.274 e. The van der Waals surface area contributed by atoms with Crippen LogP contribution in [-0.2, 0) is 6.42 Å². The van der Waals surface area contributed by atoms with Crippen LogP contribution in [0.3, 0.4) is 0 Å². The lowest BCUT2D eigenvalue weighted by Crippen LogP contribution is -2.19. The molecule has 0 unspecified atom stereocenters. The van der Waals surface area contributed by atoms with Gasteiger partial charge in [0.05, 0.1) is 5.69 Å². The summed E-state index contributed by atoms with van der Waals surface area (Å²) < 4.78 is 0. The minimum absolute atomic E-state index is 0.363. The maximum absolute atomic E-state index is 11.4. The Bertz CT molecular complexity index is 743. The molecule has 1 amide bonds. The highest BCUT2D eigenvalue weighted by Gasteiger charge is 2.15. The molecule has 2 aromatic rings. The van der Waals surface area contributed by atoms with Gasteiger partial charge in [-0.1, -0.05) is 23.7 Å². The van der Waals surface area contributed by atoms with E-state index >= 15 is 0 Å². The molecule has 1 heterocycles. The van der Waals surface area contributed by atoms with Crippen LogP contribution in [0.4, 0.5) is 11.4 Å². The van der Waals surface area contributed by atoms with Crippen LogP contribution < -0.4 is 10.8 Å². The summed E-state index contributed by atoms with van der Waals surface area (Å²) in [6.07, 6.45) is 0.683. The van der Waals surface area contributed by atoms with Crippen LogP contribution in [0.25, 0.3) is 0 Å². The Morgan fingerprint density at radius 2 is 2.10 bits per heavy atom. The van der Waals surface area contributed by atoms with Crippen molar-refractivity contribution in [2.75, 3.05) is 5.32 Å². The second kappa shape index (κ2) is 5.55. The fourth-order valence-corrected chi connectivity index (χ4v) is 2.36. The molecule has 0 aliphatic carbocycles. The van der Waals surface area contributed by atoms with E-state index in [9.17, 15) is 4.79 Å². The molecule has 106 valence electrons. The van der Waals surface area contributed by atoms with Gasteiger partial charge >= 0.3 is 0 Å². The summed E-state index contributed by atoms with van der Waals surface area (Å²) in [5, 5.41) is 12.5. The molecule has 0 saturated heterocycles. The van der Waals surface area contributed by atoms with Gasteiger partial charge in [0, 0.05) is 22.7 Å². The molecule has 5 nitrogen and oxygen atoms in total. The first-order valence-corrected chi connectivity index (χ1v) is 6.71. The SMILES string of the molecule is O=C(NO)c1cccc(NC2=Nc3cc(Cl)ccc3C2)c1. The Balaban J connectivity index is 1.80. The van der Waals surface area contributed by atoms with Crippen molar-refractivity contribution < 1.29 is 10.0 Å². The highest BCUT2D eigenvalue weighted by molar-refractivity contribution is 6.31. The van der Waals surface area contributed by atoms with Crippen molar-refractivity contribution in [2.24, 2.45) is 4.99 Å². The second-order valence-corrected chi connectivity index (χ2v) is 5.09. The molecule has 6 heteroatoms. The minimum Gasteiger partial charge on any atom is -0.343 e. The number of hydrogen-bond acceptors (Lipinski definition) is 4. The molecule has 0 spiro atoms. The van der Waals surface area contributed by atoms with E-state index in [-0.39, 0.29) is 0 Å². The first-order chi connectivity index (χ1) is 10.2. The molecule has 21 heavy (non-hydrogen) atoms. The number of carbonyl (C=O) groups is 1. The number of nitrogens with zero attached hydrogens (tertiary/aromatic N) is 1. The van der Waals surface area contributed by atoms with Gasteiger partial charge in [0.1, 0.15) is 5.84 Å². The predicted octanol–water partition coefficient (Wildman–Crippen LogP) is 3.16. The van der Waals surface area contributed by atoms with Gasteiger partial charge in [-0.2, -0.15) is 0 Å². The Labute approximate surface area is 126 Å². The number of benzene rings is 2. The van der Waals surface area contributed by atoms with E-state index in [1.807, 2.05) is 24.3 Å². The average molecular weight is 302 g/mol. The molecule has 2 aromatic carbocycles. The predicted molar refractivity (Wildman–Crippen MR) is 81.6 cm³/mol. The number of fused-ring (bicyclic) bond motifs is 1. The van der Waals surface area contributed by atoms with Crippen LogP contribution in [-0.4, -0.2) is 17.0 Å². The van der Waals surface area contributed by atoms with Crippen molar-refractivity contribution in [1.29, 1.82) is 0 Å². The lowest BCUT2D eigenvalue weighted by Gasteiger charge is -2.07. The number of halogens is 1. The number of carbonyl (C=O) groups excluding carboxylic acids is 1. The van der Waals surface area contributed by atoms with Gasteiger partial charge in [-0.05, 0) is 35.9 Å². The molecule has 3 rings (SSSR count). The fraction of sp³-hybridized carbons (Fsp3) is 0.0667. The van der Waals surface area contributed by atoms with Gasteiger partial charge in [0.2, 0.25) is 0 Å². The van der Waals surface area contributed by atoms with Crippen LogP contribution >= 0.6 is 11.6 Å². The Morgan fingerprint density at radius 3 is 2.90 bits per heavy atom. The Kier molecular flexibility index (Phi) is 3.60. The maximum atomic E-state index is 11.4. The maximum Gasteiger partial charge on any atom is 0.274 e. The van der Waals surface area contributed by atoms with E-state index in [4.69, 9.17) is 16.8 Å². The molecule has 0 atom stereocenters. The van der Waals surface area contributed by atoms with Crippen molar-refractivity contribution in [2.45, 2.75) is 6.42 Å². The third kappa shape index (κ3) is 2.89. The van der Waals surface area contributed by atoms with Gasteiger partial charge in [0.15, 0.2) is 0 Å². The Morgan fingerprint density at radius 1 is 1.24 bits per heavy atom. The highest BCUT2D eigenvalue weighted by Crippen LogP contribution is 2.29. The largest absolute Gasteiger partial charge is 0.343 e. The summed E-state index contributed by atoms with van der Waals surface area (Å²) in [5.74, 6) is 0.232. The first kappa shape index (κ1) is 13.6. The molecule has 0 bridgehead atoms. The number of hydrogen-bond donors (Lipinski definition) is 3. The molecule has 0 aromatic heterocycles.